The molecule has 0 saturated carbocycles. The van der Waals surface area contributed by atoms with E-state index in [0.29, 0.717) is 23.6 Å². The van der Waals surface area contributed by atoms with Crippen LogP contribution in [-0.4, -0.2) is 49.6 Å². The van der Waals surface area contributed by atoms with Gasteiger partial charge in [-0.1, -0.05) is 0 Å². The average molecular weight is 441 g/mol. The number of anilines is 1. The Kier molecular flexibility index (Phi) is 6.96. The highest BCUT2D eigenvalue weighted by Crippen LogP contribution is 2.23. The monoisotopic (exact) mass is 440 g/mol. The summed E-state index contributed by atoms with van der Waals surface area (Å²) in [4.78, 5) is 28.3. The summed E-state index contributed by atoms with van der Waals surface area (Å²) < 4.78 is 7.21. The Bertz CT molecular complexity index is 1130. The minimum Gasteiger partial charge on any atom is -0.444 e. The lowest BCUT2D eigenvalue weighted by molar-refractivity contribution is 0.0505. The van der Waals surface area contributed by atoms with E-state index in [1.165, 1.54) is 0 Å². The van der Waals surface area contributed by atoms with Gasteiger partial charge in [-0.25, -0.2) is 9.78 Å². The topological polar surface area (TPSA) is 111 Å². The zero-order valence-corrected chi connectivity index (χ0v) is 19.7. The second-order valence-corrected chi connectivity index (χ2v) is 9.10. The molecule has 0 radical (unpaired) electrons. The molecule has 1 aromatic carbocycles. The predicted octanol–water partition coefficient (Wildman–Crippen LogP) is 4.28. The molecule has 2 aromatic heterocycles. The van der Waals surface area contributed by atoms with Gasteiger partial charge in [0.1, 0.15) is 11.4 Å². The van der Waals surface area contributed by atoms with Gasteiger partial charge in [-0.15, -0.1) is 10.2 Å². The van der Waals surface area contributed by atoms with Crippen molar-refractivity contribution in [3.05, 3.63) is 29.6 Å². The maximum absolute atomic E-state index is 11.8. The minimum absolute atomic E-state index is 0.00312. The van der Waals surface area contributed by atoms with Crippen LogP contribution in [0.3, 0.4) is 0 Å². The van der Waals surface area contributed by atoms with Gasteiger partial charge in [0, 0.05) is 18.2 Å². The maximum Gasteiger partial charge on any atom is 0.407 e. The van der Waals surface area contributed by atoms with E-state index >= 15 is 0 Å². The third-order valence-electron chi connectivity index (χ3n) is 5.01. The zero-order chi connectivity index (χ0) is 23.5. The molecule has 0 aliphatic heterocycles. The lowest BCUT2D eigenvalue weighted by Crippen LogP contribution is -2.37. The molecule has 172 valence electrons. The Balaban J connectivity index is 1.60. The van der Waals surface area contributed by atoms with E-state index in [1.54, 1.807) is 13.0 Å². The number of benzene rings is 1. The molecule has 0 bridgehead atoms. The van der Waals surface area contributed by atoms with Gasteiger partial charge in [-0.3, -0.25) is 9.20 Å². The molecule has 0 aliphatic carbocycles. The second kappa shape index (κ2) is 9.50. The van der Waals surface area contributed by atoms with Crippen LogP contribution in [0.5, 0.6) is 0 Å². The molecule has 2 heterocycles. The number of fused-ring (bicyclic) bond motifs is 3. The van der Waals surface area contributed by atoms with Gasteiger partial charge in [0.05, 0.1) is 11.0 Å². The Morgan fingerprint density at radius 1 is 1.19 bits per heavy atom. The van der Waals surface area contributed by atoms with E-state index in [4.69, 9.17) is 9.72 Å². The number of carbonyl (C=O) groups is 2. The number of rotatable bonds is 8. The summed E-state index contributed by atoms with van der Waals surface area (Å²) in [5, 5.41) is 14.7. The van der Waals surface area contributed by atoms with Crippen molar-refractivity contribution in [3.63, 3.8) is 0 Å². The number of unbranched alkanes of at least 4 members (excludes halogenated alkanes) is 1. The largest absolute Gasteiger partial charge is 0.444 e. The van der Waals surface area contributed by atoms with Crippen molar-refractivity contribution in [2.75, 3.05) is 11.9 Å². The number of amides is 1. The highest BCUT2D eigenvalue weighted by molar-refractivity contribution is 5.98. The Morgan fingerprint density at radius 2 is 1.94 bits per heavy atom. The first-order valence-corrected chi connectivity index (χ1v) is 10.9. The summed E-state index contributed by atoms with van der Waals surface area (Å²) >= 11 is 0. The van der Waals surface area contributed by atoms with Crippen molar-refractivity contribution in [1.82, 2.24) is 24.9 Å². The van der Waals surface area contributed by atoms with Crippen molar-refractivity contribution < 1.29 is 14.3 Å². The Labute approximate surface area is 188 Å². The molecule has 9 heteroatoms. The van der Waals surface area contributed by atoms with E-state index in [-0.39, 0.29) is 17.9 Å². The van der Waals surface area contributed by atoms with Crippen LogP contribution >= 0.6 is 0 Å². The lowest BCUT2D eigenvalue weighted by Gasteiger charge is -2.22. The molecule has 2 N–H and O–H groups in total. The summed E-state index contributed by atoms with van der Waals surface area (Å²) in [6.45, 7) is 11.7. The third-order valence-corrected chi connectivity index (χ3v) is 5.01. The first-order valence-electron chi connectivity index (χ1n) is 10.9. The highest BCUT2D eigenvalue weighted by atomic mass is 16.6. The smallest absolute Gasteiger partial charge is 0.407 e. The van der Waals surface area contributed by atoms with Gasteiger partial charge in [0.15, 0.2) is 11.6 Å². The number of hydrogen-bond acceptors (Lipinski definition) is 7. The fourth-order valence-corrected chi connectivity index (χ4v) is 3.47. The van der Waals surface area contributed by atoms with Gasteiger partial charge in [-0.05, 0) is 79.0 Å². The molecule has 0 aliphatic rings. The number of Topliss-reactive ketones (excluding diaryl/α,β-unsaturated/α-hetero) is 1. The van der Waals surface area contributed by atoms with Crippen molar-refractivity contribution in [2.24, 2.45) is 0 Å². The molecule has 1 amide bonds. The molecule has 1 atom stereocenters. The van der Waals surface area contributed by atoms with Crippen molar-refractivity contribution in [3.8, 4) is 0 Å². The summed E-state index contributed by atoms with van der Waals surface area (Å²) in [5.41, 5.74) is 2.34. The van der Waals surface area contributed by atoms with Crippen LogP contribution in [0.1, 0.15) is 70.1 Å². The average Bonchev–Trinajstić information content (AvgIpc) is 3.08. The summed E-state index contributed by atoms with van der Waals surface area (Å²) in [7, 11) is 0. The van der Waals surface area contributed by atoms with Crippen molar-refractivity contribution >= 4 is 34.4 Å². The van der Waals surface area contributed by atoms with Crippen LogP contribution in [0.25, 0.3) is 16.7 Å². The number of ketones is 1. The van der Waals surface area contributed by atoms with E-state index in [9.17, 15) is 9.59 Å². The van der Waals surface area contributed by atoms with Crippen LogP contribution < -0.4 is 10.6 Å². The second-order valence-electron chi connectivity index (χ2n) is 9.10. The van der Waals surface area contributed by atoms with E-state index in [1.807, 2.05) is 51.2 Å². The summed E-state index contributed by atoms with van der Waals surface area (Å²) in [6, 6.07) is 5.49. The number of carbonyl (C=O) groups excluding carboxylic acids is 2. The SMILES string of the molecule is CC(=O)c1ccc2nc(NCCCCC(C)NC(=O)OC(C)(C)C)c3nnc(C)n3c2c1. The van der Waals surface area contributed by atoms with Crippen molar-refractivity contribution in [2.45, 2.75) is 72.4 Å². The number of alkyl carbamates (subject to hydrolysis) is 1. The first kappa shape index (κ1) is 23.4. The van der Waals surface area contributed by atoms with Crippen LogP contribution in [0.15, 0.2) is 18.2 Å². The summed E-state index contributed by atoms with van der Waals surface area (Å²) in [6.07, 6.45) is 2.30. The van der Waals surface area contributed by atoms with Gasteiger partial charge in [0.2, 0.25) is 5.65 Å². The van der Waals surface area contributed by atoms with Crippen LogP contribution in [-0.2, 0) is 4.74 Å². The quantitative estimate of drug-likeness (QED) is 0.397. The highest BCUT2D eigenvalue weighted by Gasteiger charge is 2.18. The standard InChI is InChI=1S/C23H32N6O3/c1-14(25-22(31)32-23(4,5)6)9-7-8-12-24-20-21-28-27-16(3)29(21)19-13-17(15(2)30)10-11-18(19)26-20/h10-11,13-14H,7-9,12H2,1-6H3,(H,24,26)(H,25,31). The molecule has 1 unspecified atom stereocenters. The van der Waals surface area contributed by atoms with Crippen LogP contribution in [0.2, 0.25) is 0 Å². The number of nitrogens with zero attached hydrogens (tertiary/aromatic N) is 4. The first-order chi connectivity index (χ1) is 15.0. The zero-order valence-electron chi connectivity index (χ0n) is 19.7. The van der Waals surface area contributed by atoms with E-state index in [2.05, 4.69) is 20.8 Å². The number of nitrogens with one attached hydrogen (secondary N) is 2. The number of aryl methyl sites for hydroxylation is 1. The van der Waals surface area contributed by atoms with Crippen LogP contribution in [0, 0.1) is 6.92 Å². The van der Waals surface area contributed by atoms with Gasteiger partial charge in [0.25, 0.3) is 0 Å². The van der Waals surface area contributed by atoms with E-state index < -0.39 is 5.60 Å². The molecule has 3 aromatic rings. The number of hydrogen-bond donors (Lipinski definition) is 2. The normalized spacial score (nSPS) is 12.7. The third kappa shape index (κ3) is 5.72. The fourth-order valence-electron chi connectivity index (χ4n) is 3.47. The maximum atomic E-state index is 11.8. The minimum atomic E-state index is -0.500. The Morgan fingerprint density at radius 3 is 2.62 bits per heavy atom. The molecule has 3 rings (SSSR count). The van der Waals surface area contributed by atoms with Crippen molar-refractivity contribution in [1.29, 1.82) is 0 Å². The van der Waals surface area contributed by atoms with Gasteiger partial charge in [-0.2, -0.15) is 0 Å². The predicted molar refractivity (Wildman–Crippen MR) is 124 cm³/mol. The Hall–Kier alpha value is -3.23. The molecule has 9 nitrogen and oxygen atoms in total. The summed E-state index contributed by atoms with van der Waals surface area (Å²) in [5.74, 6) is 1.40. The molecule has 0 spiro atoms. The van der Waals surface area contributed by atoms with E-state index in [0.717, 1.165) is 36.1 Å². The molecule has 32 heavy (non-hydrogen) atoms. The van der Waals surface area contributed by atoms with Gasteiger partial charge >= 0.3 is 6.09 Å². The molecule has 0 saturated heterocycles. The van der Waals surface area contributed by atoms with Crippen LogP contribution in [0.4, 0.5) is 10.6 Å². The number of aromatic nitrogens is 4. The lowest BCUT2D eigenvalue weighted by atomic mass is 10.1. The fraction of sp³-hybridized carbons (Fsp3) is 0.522. The molecular weight excluding hydrogens is 408 g/mol. The van der Waals surface area contributed by atoms with Gasteiger partial charge < -0.3 is 15.4 Å². The molecule has 0 fully saturated rings. The number of ether oxygens (including phenoxy) is 1. The molecular formula is C23H32N6O3.